The topological polar surface area (TPSA) is 73.0 Å². The van der Waals surface area contributed by atoms with Crippen molar-refractivity contribution in [3.05, 3.63) is 42.0 Å². The van der Waals surface area contributed by atoms with Gasteiger partial charge in [-0.15, -0.1) is 0 Å². The number of nitrogens with one attached hydrogen (secondary N) is 1. The Morgan fingerprint density at radius 1 is 0.935 bits per heavy atom. The zero-order valence-electron chi connectivity index (χ0n) is 18.3. The summed E-state index contributed by atoms with van der Waals surface area (Å²) in [6.45, 7) is 7.28. The summed E-state index contributed by atoms with van der Waals surface area (Å²) in [7, 11) is 0. The summed E-state index contributed by atoms with van der Waals surface area (Å²) in [6.07, 6.45) is 1.82. The van der Waals surface area contributed by atoms with Crippen molar-refractivity contribution < 1.29 is 14.4 Å². The van der Waals surface area contributed by atoms with E-state index >= 15 is 0 Å². The van der Waals surface area contributed by atoms with Crippen LogP contribution >= 0.6 is 0 Å². The van der Waals surface area contributed by atoms with Crippen LogP contribution in [-0.4, -0.2) is 71.8 Å². The summed E-state index contributed by atoms with van der Waals surface area (Å²) in [4.78, 5) is 43.8. The van der Waals surface area contributed by atoms with Crippen molar-refractivity contribution in [2.75, 3.05) is 44.6 Å². The molecule has 31 heavy (non-hydrogen) atoms. The van der Waals surface area contributed by atoms with E-state index in [1.807, 2.05) is 55.1 Å². The maximum Gasteiger partial charge on any atom is 0.320 e. The van der Waals surface area contributed by atoms with E-state index < -0.39 is 0 Å². The molecular formula is C24H30N4O3. The van der Waals surface area contributed by atoms with Crippen LogP contribution in [-0.2, 0) is 4.79 Å². The van der Waals surface area contributed by atoms with E-state index in [9.17, 15) is 14.4 Å². The molecule has 0 aromatic heterocycles. The third-order valence-electron chi connectivity index (χ3n) is 6.19. The smallest absolute Gasteiger partial charge is 0.320 e. The Morgan fingerprint density at radius 3 is 2.10 bits per heavy atom. The molecule has 164 valence electrons. The SMILES string of the molecule is CCN(CC)C(=O)N1CCN(C(=O)c2cc3ccccc3cc2NC(=O)C2CC2)CC1. The Hall–Kier alpha value is -3.09. The molecule has 1 aliphatic carbocycles. The van der Waals surface area contributed by atoms with Crippen LogP contribution in [0.1, 0.15) is 37.0 Å². The number of carbonyl (C=O) groups excluding carboxylic acids is 3. The Balaban J connectivity index is 1.53. The van der Waals surface area contributed by atoms with Gasteiger partial charge in [-0.25, -0.2) is 4.79 Å². The van der Waals surface area contributed by atoms with Gasteiger partial charge in [0.2, 0.25) is 5.91 Å². The first-order valence-corrected chi connectivity index (χ1v) is 11.2. The highest BCUT2D eigenvalue weighted by Crippen LogP contribution is 2.32. The van der Waals surface area contributed by atoms with E-state index in [4.69, 9.17) is 0 Å². The third-order valence-corrected chi connectivity index (χ3v) is 6.19. The monoisotopic (exact) mass is 422 g/mol. The van der Waals surface area contributed by atoms with Crippen molar-refractivity contribution in [2.45, 2.75) is 26.7 Å². The molecule has 7 nitrogen and oxygen atoms in total. The predicted molar refractivity (Wildman–Crippen MR) is 121 cm³/mol. The maximum atomic E-state index is 13.4. The number of nitrogens with zero attached hydrogens (tertiary/aromatic N) is 3. The summed E-state index contributed by atoms with van der Waals surface area (Å²) < 4.78 is 0. The Morgan fingerprint density at radius 2 is 1.52 bits per heavy atom. The van der Waals surface area contributed by atoms with Gasteiger partial charge in [0.1, 0.15) is 0 Å². The van der Waals surface area contributed by atoms with Crippen LogP contribution in [0.15, 0.2) is 36.4 Å². The first kappa shape index (κ1) is 21.2. The number of carbonyl (C=O) groups is 3. The van der Waals surface area contributed by atoms with Crippen LogP contribution in [0.5, 0.6) is 0 Å². The first-order valence-electron chi connectivity index (χ1n) is 11.2. The molecule has 0 spiro atoms. The normalized spacial score (nSPS) is 16.3. The summed E-state index contributed by atoms with van der Waals surface area (Å²) in [5, 5.41) is 4.93. The van der Waals surface area contributed by atoms with Crippen molar-refractivity contribution >= 4 is 34.3 Å². The highest BCUT2D eigenvalue weighted by atomic mass is 16.2. The highest BCUT2D eigenvalue weighted by molar-refractivity contribution is 6.08. The zero-order valence-corrected chi connectivity index (χ0v) is 18.3. The number of benzene rings is 2. The quantitative estimate of drug-likeness (QED) is 0.803. The molecule has 0 bridgehead atoms. The standard InChI is InChI=1S/C24H30N4O3/c1-3-26(4-2)24(31)28-13-11-27(12-14-28)23(30)20-15-18-7-5-6-8-19(18)16-21(20)25-22(29)17-9-10-17/h5-8,15-17H,3-4,9-14H2,1-2H3,(H,25,29). The number of fused-ring (bicyclic) bond motifs is 1. The van der Waals surface area contributed by atoms with Crippen LogP contribution in [0.2, 0.25) is 0 Å². The van der Waals surface area contributed by atoms with Crippen LogP contribution in [0.3, 0.4) is 0 Å². The molecule has 4 rings (SSSR count). The second-order valence-electron chi connectivity index (χ2n) is 8.24. The second kappa shape index (κ2) is 8.96. The van der Waals surface area contributed by atoms with Gasteiger partial charge in [-0.1, -0.05) is 24.3 Å². The lowest BCUT2D eigenvalue weighted by Crippen LogP contribution is -2.54. The molecule has 1 N–H and O–H groups in total. The maximum absolute atomic E-state index is 13.4. The van der Waals surface area contributed by atoms with E-state index in [-0.39, 0.29) is 23.8 Å². The average molecular weight is 423 g/mol. The van der Waals surface area contributed by atoms with Gasteiger partial charge in [0, 0.05) is 45.2 Å². The van der Waals surface area contributed by atoms with Gasteiger partial charge < -0.3 is 20.0 Å². The van der Waals surface area contributed by atoms with Gasteiger partial charge in [-0.05, 0) is 49.6 Å². The fourth-order valence-corrected chi connectivity index (χ4v) is 4.07. The Bertz CT molecular complexity index is 989. The van der Waals surface area contributed by atoms with Crippen molar-refractivity contribution in [1.29, 1.82) is 0 Å². The molecule has 2 aliphatic rings. The zero-order chi connectivity index (χ0) is 22.0. The number of anilines is 1. The molecule has 0 atom stereocenters. The van der Waals surface area contributed by atoms with E-state index in [0.29, 0.717) is 50.5 Å². The lowest BCUT2D eigenvalue weighted by Gasteiger charge is -2.37. The number of rotatable bonds is 5. The first-order chi connectivity index (χ1) is 15.0. The molecule has 2 fully saturated rings. The minimum atomic E-state index is -0.105. The van der Waals surface area contributed by atoms with E-state index in [2.05, 4.69) is 5.32 Å². The molecule has 7 heteroatoms. The summed E-state index contributed by atoms with van der Waals surface area (Å²) in [5.74, 6) is -0.0604. The Kier molecular flexibility index (Phi) is 6.11. The molecule has 2 aromatic rings. The predicted octanol–water partition coefficient (Wildman–Crippen LogP) is 3.41. The molecule has 4 amide bonds. The molecule has 0 unspecified atom stereocenters. The summed E-state index contributed by atoms with van der Waals surface area (Å²) in [6, 6.07) is 11.6. The largest absolute Gasteiger partial charge is 0.335 e. The number of amides is 4. The van der Waals surface area contributed by atoms with Crippen LogP contribution in [0.4, 0.5) is 10.5 Å². The third kappa shape index (κ3) is 4.50. The van der Waals surface area contributed by atoms with E-state index in [1.165, 1.54) is 0 Å². The summed E-state index contributed by atoms with van der Waals surface area (Å²) >= 11 is 0. The van der Waals surface area contributed by atoms with Gasteiger partial charge in [-0.2, -0.15) is 0 Å². The number of hydrogen-bond donors (Lipinski definition) is 1. The van der Waals surface area contributed by atoms with Gasteiger partial charge >= 0.3 is 6.03 Å². The minimum absolute atomic E-state index is 0.0148. The van der Waals surface area contributed by atoms with Crippen LogP contribution in [0, 0.1) is 5.92 Å². The number of hydrogen-bond acceptors (Lipinski definition) is 3. The molecular weight excluding hydrogens is 392 g/mol. The van der Waals surface area contributed by atoms with Crippen molar-refractivity contribution in [3.8, 4) is 0 Å². The molecule has 1 aliphatic heterocycles. The highest BCUT2D eigenvalue weighted by Gasteiger charge is 2.32. The minimum Gasteiger partial charge on any atom is -0.335 e. The molecule has 1 heterocycles. The average Bonchev–Trinajstić information content (AvgIpc) is 3.65. The Labute approximate surface area is 183 Å². The van der Waals surface area contributed by atoms with Gasteiger partial charge in [0.05, 0.1) is 11.3 Å². The van der Waals surface area contributed by atoms with Crippen molar-refractivity contribution in [3.63, 3.8) is 0 Å². The van der Waals surface area contributed by atoms with Gasteiger partial charge in [-0.3, -0.25) is 9.59 Å². The molecule has 2 aromatic carbocycles. The number of urea groups is 1. The van der Waals surface area contributed by atoms with Crippen molar-refractivity contribution in [1.82, 2.24) is 14.7 Å². The van der Waals surface area contributed by atoms with Gasteiger partial charge in [0.25, 0.3) is 5.91 Å². The van der Waals surface area contributed by atoms with E-state index in [1.54, 1.807) is 9.80 Å². The molecule has 0 radical (unpaired) electrons. The van der Waals surface area contributed by atoms with Crippen LogP contribution in [0.25, 0.3) is 10.8 Å². The van der Waals surface area contributed by atoms with Gasteiger partial charge in [0.15, 0.2) is 0 Å². The van der Waals surface area contributed by atoms with Crippen LogP contribution < -0.4 is 5.32 Å². The number of piperazine rings is 1. The second-order valence-corrected chi connectivity index (χ2v) is 8.24. The fourth-order valence-electron chi connectivity index (χ4n) is 4.07. The lowest BCUT2D eigenvalue weighted by atomic mass is 10.0. The fraction of sp³-hybridized carbons (Fsp3) is 0.458. The lowest BCUT2D eigenvalue weighted by molar-refractivity contribution is -0.117. The summed E-state index contributed by atoms with van der Waals surface area (Å²) in [5.41, 5.74) is 1.08. The molecule has 1 saturated carbocycles. The van der Waals surface area contributed by atoms with E-state index in [0.717, 1.165) is 23.6 Å². The van der Waals surface area contributed by atoms with Crippen molar-refractivity contribution in [2.24, 2.45) is 5.92 Å². The molecule has 1 saturated heterocycles.